The number of nitrogens with zero attached hydrogens (tertiary/aromatic N) is 2. The van der Waals surface area contributed by atoms with Crippen LogP contribution in [0, 0.1) is 5.92 Å². The molecule has 2 unspecified atom stereocenters. The normalized spacial score (nSPS) is 27.5. The lowest BCUT2D eigenvalue weighted by Gasteiger charge is -2.26. The van der Waals surface area contributed by atoms with E-state index in [-0.39, 0.29) is 23.5 Å². The summed E-state index contributed by atoms with van der Waals surface area (Å²) < 4.78 is 10.8. The summed E-state index contributed by atoms with van der Waals surface area (Å²) in [5, 5.41) is 2.68. The molecule has 2 saturated heterocycles. The maximum Gasteiger partial charge on any atom is 0.414 e. The van der Waals surface area contributed by atoms with E-state index < -0.39 is 11.7 Å². The molecular formula is C22H29N3O5. The molecule has 2 aliphatic heterocycles. The van der Waals surface area contributed by atoms with Gasteiger partial charge in [-0.05, 0) is 50.8 Å². The first-order chi connectivity index (χ1) is 14.1. The number of anilines is 1. The van der Waals surface area contributed by atoms with Crippen LogP contribution in [0.3, 0.4) is 0 Å². The highest BCUT2D eigenvalue weighted by Gasteiger charge is 2.62. The fourth-order valence-corrected chi connectivity index (χ4v) is 4.46. The van der Waals surface area contributed by atoms with Gasteiger partial charge in [0.05, 0.1) is 13.1 Å². The first-order valence-electron chi connectivity index (χ1n) is 10.4. The quantitative estimate of drug-likeness (QED) is 0.817. The van der Waals surface area contributed by atoms with Crippen molar-refractivity contribution < 1.29 is 23.9 Å². The maximum absolute atomic E-state index is 12.4. The van der Waals surface area contributed by atoms with Gasteiger partial charge in [-0.15, -0.1) is 0 Å². The van der Waals surface area contributed by atoms with E-state index in [1.54, 1.807) is 9.80 Å². The summed E-state index contributed by atoms with van der Waals surface area (Å²) in [5.74, 6) is 0.304. The standard InChI is InChI=1S/C22H29N3O5/c1-14(26)23-10-18-12-25(20(28)29-18)17-7-5-15(6-8-17)22-9-16(22)11-24(13-22)19(27)30-21(2,3)4/h5-8,16,18H,9-13H2,1-4H3,(H,23,26)/t16?,18-,22?/m0/s1. The van der Waals surface area contributed by atoms with E-state index in [0.29, 0.717) is 25.6 Å². The first kappa shape index (κ1) is 20.5. The number of amides is 3. The highest BCUT2D eigenvalue weighted by molar-refractivity contribution is 5.89. The van der Waals surface area contributed by atoms with Gasteiger partial charge >= 0.3 is 12.2 Å². The van der Waals surface area contributed by atoms with E-state index in [1.807, 2.05) is 45.0 Å². The fraction of sp³-hybridized carbons (Fsp3) is 0.591. The van der Waals surface area contributed by atoms with Crippen LogP contribution >= 0.6 is 0 Å². The van der Waals surface area contributed by atoms with Crippen LogP contribution in [0.5, 0.6) is 0 Å². The molecule has 1 saturated carbocycles. The number of carbonyl (C=O) groups excluding carboxylic acids is 3. The van der Waals surface area contributed by atoms with E-state index in [9.17, 15) is 14.4 Å². The number of hydrogen-bond acceptors (Lipinski definition) is 5. The summed E-state index contributed by atoms with van der Waals surface area (Å²) in [6.07, 6.45) is 0.0499. The lowest BCUT2D eigenvalue weighted by atomic mass is 9.95. The summed E-state index contributed by atoms with van der Waals surface area (Å²) in [6, 6.07) is 7.94. The summed E-state index contributed by atoms with van der Waals surface area (Å²) in [4.78, 5) is 39.1. The third-order valence-electron chi connectivity index (χ3n) is 6.00. The van der Waals surface area contributed by atoms with Gasteiger partial charge in [-0.3, -0.25) is 9.69 Å². The highest BCUT2D eigenvalue weighted by Crippen LogP contribution is 2.59. The molecule has 1 aliphatic carbocycles. The molecule has 1 aromatic carbocycles. The fourth-order valence-electron chi connectivity index (χ4n) is 4.46. The molecule has 0 bridgehead atoms. The number of nitrogens with one attached hydrogen (secondary N) is 1. The number of piperidine rings is 1. The molecule has 4 rings (SSSR count). The summed E-state index contributed by atoms with van der Waals surface area (Å²) in [6.45, 7) is 9.15. The van der Waals surface area contributed by atoms with Crippen LogP contribution in [-0.4, -0.2) is 60.9 Å². The molecule has 3 amide bonds. The van der Waals surface area contributed by atoms with Crippen molar-refractivity contribution in [1.29, 1.82) is 0 Å². The summed E-state index contributed by atoms with van der Waals surface area (Å²) >= 11 is 0. The molecule has 162 valence electrons. The van der Waals surface area contributed by atoms with Crippen molar-refractivity contribution >= 4 is 23.8 Å². The van der Waals surface area contributed by atoms with Crippen LogP contribution in [0.1, 0.15) is 39.7 Å². The Labute approximate surface area is 176 Å². The lowest BCUT2D eigenvalue weighted by Crippen LogP contribution is -2.37. The van der Waals surface area contributed by atoms with Crippen LogP contribution < -0.4 is 10.2 Å². The molecule has 0 spiro atoms. The number of likely N-dealkylation sites (tertiary alicyclic amines) is 1. The second kappa shape index (κ2) is 7.18. The van der Waals surface area contributed by atoms with Gasteiger partial charge in [0.1, 0.15) is 11.7 Å². The molecule has 2 heterocycles. The van der Waals surface area contributed by atoms with Gasteiger partial charge in [-0.2, -0.15) is 0 Å². The Bertz CT molecular complexity index is 863. The first-order valence-corrected chi connectivity index (χ1v) is 10.4. The second-order valence-corrected chi connectivity index (χ2v) is 9.52. The number of hydrogen-bond donors (Lipinski definition) is 1. The smallest absolute Gasteiger partial charge is 0.414 e. The number of fused-ring (bicyclic) bond motifs is 1. The molecule has 0 aromatic heterocycles. The van der Waals surface area contributed by atoms with E-state index in [0.717, 1.165) is 18.7 Å². The van der Waals surface area contributed by atoms with Crippen LogP contribution in [0.4, 0.5) is 15.3 Å². The average molecular weight is 415 g/mol. The molecule has 3 aliphatic rings. The highest BCUT2D eigenvalue weighted by atomic mass is 16.6. The maximum atomic E-state index is 12.4. The van der Waals surface area contributed by atoms with Gasteiger partial charge in [0.15, 0.2) is 0 Å². The minimum atomic E-state index is -0.499. The minimum absolute atomic E-state index is 0.00506. The third kappa shape index (κ3) is 3.95. The molecule has 0 radical (unpaired) electrons. The van der Waals surface area contributed by atoms with Crippen LogP contribution in [0.15, 0.2) is 24.3 Å². The summed E-state index contributed by atoms with van der Waals surface area (Å²) in [7, 11) is 0. The van der Waals surface area contributed by atoms with Gasteiger partial charge in [0, 0.05) is 31.1 Å². The third-order valence-corrected chi connectivity index (χ3v) is 6.00. The van der Waals surface area contributed by atoms with E-state index >= 15 is 0 Å². The largest absolute Gasteiger partial charge is 0.444 e. The van der Waals surface area contributed by atoms with Crippen molar-refractivity contribution in [2.75, 3.05) is 31.1 Å². The van der Waals surface area contributed by atoms with Crippen molar-refractivity contribution in [3.63, 3.8) is 0 Å². The number of cyclic esters (lactones) is 1. The zero-order valence-corrected chi connectivity index (χ0v) is 17.9. The Balaban J connectivity index is 1.40. The number of ether oxygens (including phenoxy) is 2. The predicted molar refractivity (Wildman–Crippen MR) is 110 cm³/mol. The van der Waals surface area contributed by atoms with Crippen molar-refractivity contribution in [3.05, 3.63) is 29.8 Å². The molecule has 1 N–H and O–H groups in total. The molecular weight excluding hydrogens is 386 g/mol. The van der Waals surface area contributed by atoms with Gasteiger partial charge in [0.25, 0.3) is 0 Å². The van der Waals surface area contributed by atoms with Gasteiger partial charge < -0.3 is 19.7 Å². The van der Waals surface area contributed by atoms with Gasteiger partial charge in [0.2, 0.25) is 5.91 Å². The van der Waals surface area contributed by atoms with E-state index in [4.69, 9.17) is 9.47 Å². The Kier molecular flexibility index (Phi) is 4.91. The predicted octanol–water partition coefficient (Wildman–Crippen LogP) is 2.66. The van der Waals surface area contributed by atoms with Crippen molar-refractivity contribution in [3.8, 4) is 0 Å². The number of benzene rings is 1. The van der Waals surface area contributed by atoms with Crippen LogP contribution in [0.2, 0.25) is 0 Å². The van der Waals surface area contributed by atoms with E-state index in [2.05, 4.69) is 5.32 Å². The Morgan fingerprint density at radius 2 is 1.93 bits per heavy atom. The lowest BCUT2D eigenvalue weighted by molar-refractivity contribution is -0.119. The molecule has 8 heteroatoms. The van der Waals surface area contributed by atoms with Crippen LogP contribution in [0.25, 0.3) is 0 Å². The Morgan fingerprint density at radius 1 is 1.23 bits per heavy atom. The Morgan fingerprint density at radius 3 is 2.57 bits per heavy atom. The second-order valence-electron chi connectivity index (χ2n) is 9.52. The Hall–Kier alpha value is -2.77. The molecule has 1 aromatic rings. The zero-order valence-electron chi connectivity index (χ0n) is 17.9. The van der Waals surface area contributed by atoms with Gasteiger partial charge in [-0.1, -0.05) is 12.1 Å². The van der Waals surface area contributed by atoms with Gasteiger partial charge in [-0.25, -0.2) is 9.59 Å². The number of carbonyl (C=O) groups is 3. The van der Waals surface area contributed by atoms with E-state index in [1.165, 1.54) is 12.5 Å². The van der Waals surface area contributed by atoms with Crippen LogP contribution in [-0.2, 0) is 19.7 Å². The van der Waals surface area contributed by atoms with Crippen molar-refractivity contribution in [1.82, 2.24) is 10.2 Å². The molecule has 30 heavy (non-hydrogen) atoms. The average Bonchev–Trinajstić information content (AvgIpc) is 3.03. The minimum Gasteiger partial charge on any atom is -0.444 e. The summed E-state index contributed by atoms with van der Waals surface area (Å²) in [5.41, 5.74) is 1.45. The number of rotatable bonds is 4. The molecule has 3 fully saturated rings. The SMILES string of the molecule is CC(=O)NC[C@H]1CN(c2ccc(C34CC3CN(C(=O)OC(C)(C)C)C4)cc2)C(=O)O1. The van der Waals surface area contributed by atoms with Crippen molar-refractivity contribution in [2.45, 2.75) is 51.2 Å². The molecule has 8 nitrogen and oxygen atoms in total. The molecule has 3 atom stereocenters. The zero-order chi connectivity index (χ0) is 21.7. The van der Waals surface area contributed by atoms with Crippen molar-refractivity contribution in [2.24, 2.45) is 5.92 Å². The topological polar surface area (TPSA) is 88.2 Å². The monoisotopic (exact) mass is 415 g/mol.